The third-order valence-corrected chi connectivity index (χ3v) is 4.39. The molecule has 0 radical (unpaired) electrons. The van der Waals surface area contributed by atoms with Crippen LogP contribution < -0.4 is 5.43 Å². The first kappa shape index (κ1) is 12.3. The lowest BCUT2D eigenvalue weighted by atomic mass is 10.2. The summed E-state index contributed by atoms with van der Waals surface area (Å²) in [5.74, 6) is 0.837. The van der Waals surface area contributed by atoms with E-state index in [0.717, 1.165) is 5.75 Å². The number of para-hydroxylation sites is 1. The number of fused-ring (bicyclic) bond motifs is 1. The van der Waals surface area contributed by atoms with Gasteiger partial charge in [0.05, 0.1) is 10.8 Å². The fourth-order valence-corrected chi connectivity index (χ4v) is 3.24. The van der Waals surface area contributed by atoms with Gasteiger partial charge in [0.1, 0.15) is 5.58 Å². The number of carbonyl (C=O) groups excluding carboxylic acids is 1. The Morgan fingerprint density at radius 2 is 2.21 bits per heavy atom. The number of thioether (sulfide) groups is 1. The van der Waals surface area contributed by atoms with Gasteiger partial charge in [-0.25, -0.2) is 0 Å². The molecule has 1 amide bonds. The Morgan fingerprint density at radius 1 is 1.42 bits per heavy atom. The molecule has 2 heterocycles. The lowest BCUT2D eigenvalue weighted by molar-refractivity contribution is 0.0737. The van der Waals surface area contributed by atoms with Crippen LogP contribution in [0.2, 0.25) is 0 Å². The summed E-state index contributed by atoms with van der Waals surface area (Å²) in [5.41, 5.74) is 0.280. The molecule has 5 heteroatoms. The van der Waals surface area contributed by atoms with Gasteiger partial charge < -0.3 is 9.32 Å². The van der Waals surface area contributed by atoms with Gasteiger partial charge in [-0.2, -0.15) is 0 Å². The number of hydrogen-bond acceptors (Lipinski definition) is 4. The highest BCUT2D eigenvalue weighted by Crippen LogP contribution is 2.25. The zero-order valence-corrected chi connectivity index (χ0v) is 11.3. The van der Waals surface area contributed by atoms with E-state index in [1.54, 1.807) is 40.9 Å². The summed E-state index contributed by atoms with van der Waals surface area (Å²) >= 11 is 1.72. The SMILES string of the molecule is CC1SCCN1C(=O)c1cc(=O)c2ccccc2o1. The molecule has 19 heavy (non-hydrogen) atoms. The first-order valence-corrected chi connectivity index (χ1v) is 7.17. The van der Waals surface area contributed by atoms with Crippen molar-refractivity contribution in [3.8, 4) is 0 Å². The molecule has 1 aromatic carbocycles. The Balaban J connectivity index is 2.06. The van der Waals surface area contributed by atoms with Crippen molar-refractivity contribution in [1.82, 2.24) is 4.90 Å². The monoisotopic (exact) mass is 275 g/mol. The Morgan fingerprint density at radius 3 is 2.95 bits per heavy atom. The average Bonchev–Trinajstić information content (AvgIpc) is 2.84. The largest absolute Gasteiger partial charge is 0.451 e. The second-order valence-corrected chi connectivity index (χ2v) is 5.86. The number of rotatable bonds is 1. The molecule has 1 aromatic heterocycles. The average molecular weight is 275 g/mol. The summed E-state index contributed by atoms with van der Waals surface area (Å²) in [6, 6.07) is 8.26. The standard InChI is InChI=1S/C14H13NO3S/c1-9-15(6-7-19-9)14(17)13-8-11(16)10-4-2-3-5-12(10)18-13/h2-5,8-9H,6-7H2,1H3. The van der Waals surface area contributed by atoms with E-state index in [4.69, 9.17) is 4.42 Å². The second-order valence-electron chi connectivity index (χ2n) is 4.44. The molecule has 0 bridgehead atoms. The predicted molar refractivity (Wildman–Crippen MR) is 75.4 cm³/mol. The van der Waals surface area contributed by atoms with Crippen molar-refractivity contribution in [2.45, 2.75) is 12.3 Å². The number of carbonyl (C=O) groups is 1. The minimum Gasteiger partial charge on any atom is -0.451 e. The molecular weight excluding hydrogens is 262 g/mol. The summed E-state index contributed by atoms with van der Waals surface area (Å²) in [6.07, 6.45) is 0. The van der Waals surface area contributed by atoms with Crippen LogP contribution in [0.25, 0.3) is 11.0 Å². The third kappa shape index (κ3) is 2.14. The van der Waals surface area contributed by atoms with E-state index in [9.17, 15) is 9.59 Å². The van der Waals surface area contributed by atoms with Crippen LogP contribution in [0.3, 0.4) is 0 Å². The molecule has 1 atom stereocenters. The first-order chi connectivity index (χ1) is 9.16. The van der Waals surface area contributed by atoms with Gasteiger partial charge in [-0.1, -0.05) is 12.1 Å². The third-order valence-electron chi connectivity index (χ3n) is 3.24. The molecule has 1 fully saturated rings. The van der Waals surface area contributed by atoms with E-state index in [2.05, 4.69) is 0 Å². The van der Waals surface area contributed by atoms with Crippen LogP contribution >= 0.6 is 11.8 Å². The van der Waals surface area contributed by atoms with Gasteiger partial charge in [-0.05, 0) is 19.1 Å². The Hall–Kier alpha value is -1.75. The van der Waals surface area contributed by atoms with Crippen molar-refractivity contribution in [3.63, 3.8) is 0 Å². The van der Waals surface area contributed by atoms with Crippen molar-refractivity contribution in [1.29, 1.82) is 0 Å². The normalized spacial score (nSPS) is 19.0. The highest BCUT2D eigenvalue weighted by molar-refractivity contribution is 8.00. The molecule has 0 spiro atoms. The fourth-order valence-electron chi connectivity index (χ4n) is 2.21. The van der Waals surface area contributed by atoms with Gasteiger partial charge >= 0.3 is 0 Å². The highest BCUT2D eigenvalue weighted by Gasteiger charge is 2.28. The van der Waals surface area contributed by atoms with Crippen molar-refractivity contribution < 1.29 is 9.21 Å². The van der Waals surface area contributed by atoms with E-state index in [0.29, 0.717) is 17.5 Å². The minimum absolute atomic E-state index is 0.123. The van der Waals surface area contributed by atoms with Crippen LogP contribution in [0.15, 0.2) is 39.5 Å². The first-order valence-electron chi connectivity index (χ1n) is 6.12. The summed E-state index contributed by atoms with van der Waals surface area (Å²) in [6.45, 7) is 2.68. The lowest BCUT2D eigenvalue weighted by Gasteiger charge is -2.19. The topological polar surface area (TPSA) is 50.5 Å². The van der Waals surface area contributed by atoms with Crippen LogP contribution in [-0.4, -0.2) is 28.5 Å². The molecule has 4 nitrogen and oxygen atoms in total. The lowest BCUT2D eigenvalue weighted by Crippen LogP contribution is -2.33. The maximum atomic E-state index is 12.3. The summed E-state index contributed by atoms with van der Waals surface area (Å²) in [4.78, 5) is 26.0. The van der Waals surface area contributed by atoms with Gasteiger partial charge in [0.2, 0.25) is 0 Å². The van der Waals surface area contributed by atoms with Crippen molar-refractivity contribution in [3.05, 3.63) is 46.3 Å². The van der Waals surface area contributed by atoms with Crippen LogP contribution in [0.1, 0.15) is 17.5 Å². The van der Waals surface area contributed by atoms with E-state index in [1.165, 1.54) is 6.07 Å². The summed E-state index contributed by atoms with van der Waals surface area (Å²) in [7, 11) is 0. The van der Waals surface area contributed by atoms with Crippen molar-refractivity contribution >= 4 is 28.6 Å². The highest BCUT2D eigenvalue weighted by atomic mass is 32.2. The van der Waals surface area contributed by atoms with Gasteiger partial charge in [0.15, 0.2) is 11.2 Å². The smallest absolute Gasteiger partial charge is 0.290 e. The molecule has 0 saturated carbocycles. The van der Waals surface area contributed by atoms with Crippen LogP contribution in [0.4, 0.5) is 0 Å². The van der Waals surface area contributed by atoms with Gasteiger partial charge in [-0.3, -0.25) is 9.59 Å². The van der Waals surface area contributed by atoms with Crippen molar-refractivity contribution in [2.75, 3.05) is 12.3 Å². The molecule has 1 saturated heterocycles. The molecule has 1 aliphatic heterocycles. The molecule has 0 N–H and O–H groups in total. The van der Waals surface area contributed by atoms with Gasteiger partial charge in [0.25, 0.3) is 5.91 Å². The molecule has 1 unspecified atom stereocenters. The Kier molecular flexibility index (Phi) is 3.06. The number of amides is 1. The molecule has 3 rings (SSSR count). The zero-order valence-electron chi connectivity index (χ0n) is 10.5. The summed E-state index contributed by atoms with van der Waals surface area (Å²) in [5, 5.41) is 0.632. The minimum atomic E-state index is -0.208. The van der Waals surface area contributed by atoms with Gasteiger partial charge in [0, 0.05) is 18.4 Å². The molecule has 0 aliphatic carbocycles. The maximum absolute atomic E-state index is 12.3. The number of benzene rings is 1. The van der Waals surface area contributed by atoms with E-state index in [-0.39, 0.29) is 22.5 Å². The molecule has 2 aromatic rings. The number of nitrogens with zero attached hydrogens (tertiary/aromatic N) is 1. The molecular formula is C14H13NO3S. The van der Waals surface area contributed by atoms with Crippen LogP contribution in [-0.2, 0) is 0 Å². The number of hydrogen-bond donors (Lipinski definition) is 0. The van der Waals surface area contributed by atoms with E-state index >= 15 is 0 Å². The fraction of sp³-hybridized carbons (Fsp3) is 0.286. The van der Waals surface area contributed by atoms with Gasteiger partial charge in [-0.15, -0.1) is 11.8 Å². The maximum Gasteiger partial charge on any atom is 0.290 e. The zero-order chi connectivity index (χ0) is 13.4. The quantitative estimate of drug-likeness (QED) is 0.801. The Bertz CT molecular complexity index is 694. The van der Waals surface area contributed by atoms with Crippen LogP contribution in [0.5, 0.6) is 0 Å². The molecule has 1 aliphatic rings. The van der Waals surface area contributed by atoms with Crippen molar-refractivity contribution in [2.24, 2.45) is 0 Å². The Labute approximate surface area is 114 Å². The van der Waals surface area contributed by atoms with E-state index in [1.807, 2.05) is 6.92 Å². The second kappa shape index (κ2) is 4.74. The van der Waals surface area contributed by atoms with E-state index < -0.39 is 0 Å². The van der Waals surface area contributed by atoms with Crippen LogP contribution in [0, 0.1) is 0 Å². The molecule has 98 valence electrons. The predicted octanol–water partition coefficient (Wildman–Crippen LogP) is 2.33. The summed E-state index contributed by atoms with van der Waals surface area (Å²) < 4.78 is 5.56.